The highest BCUT2D eigenvalue weighted by Crippen LogP contribution is 2.31. The van der Waals surface area contributed by atoms with Crippen molar-refractivity contribution >= 4 is 46.2 Å². The van der Waals surface area contributed by atoms with Gasteiger partial charge in [0.2, 0.25) is 0 Å². The number of amides is 2. The Hall–Kier alpha value is -3.49. The van der Waals surface area contributed by atoms with E-state index < -0.39 is 11.8 Å². The van der Waals surface area contributed by atoms with Gasteiger partial charge in [0.1, 0.15) is 18.2 Å². The first-order valence-corrected chi connectivity index (χ1v) is 10.8. The molecule has 1 heterocycles. The van der Waals surface area contributed by atoms with Crippen LogP contribution in [0.5, 0.6) is 5.75 Å². The van der Waals surface area contributed by atoms with Gasteiger partial charge in [0, 0.05) is 5.56 Å². The van der Waals surface area contributed by atoms with Crippen LogP contribution in [0, 0.1) is 5.82 Å². The summed E-state index contributed by atoms with van der Waals surface area (Å²) < 4.78 is 19.0. The zero-order valence-electron chi connectivity index (χ0n) is 16.7. The fourth-order valence-electron chi connectivity index (χ4n) is 2.88. The lowest BCUT2D eigenvalue weighted by molar-refractivity contribution is -0.123. The quantitative estimate of drug-likeness (QED) is 0.413. The first-order chi connectivity index (χ1) is 15.5. The van der Waals surface area contributed by atoms with Crippen LogP contribution in [0.25, 0.3) is 6.08 Å². The molecule has 1 saturated heterocycles. The molecule has 1 aliphatic heterocycles. The molecular weight excluding hydrogens is 447 g/mol. The SMILES string of the molecule is O=C(NN1C(=O)C(=Cc2ccc(F)cc2)SC1=S)c1ccc(OCc2ccccc2)cc1. The molecule has 0 atom stereocenters. The molecule has 3 aromatic rings. The third-order valence-electron chi connectivity index (χ3n) is 4.54. The number of thioether (sulfide) groups is 1. The van der Waals surface area contributed by atoms with E-state index in [4.69, 9.17) is 17.0 Å². The van der Waals surface area contributed by atoms with Gasteiger partial charge < -0.3 is 4.74 Å². The van der Waals surface area contributed by atoms with Crippen LogP contribution in [-0.4, -0.2) is 21.1 Å². The van der Waals surface area contributed by atoms with Gasteiger partial charge in [0.25, 0.3) is 11.8 Å². The average Bonchev–Trinajstić information content (AvgIpc) is 3.07. The molecule has 2 amide bonds. The van der Waals surface area contributed by atoms with E-state index in [0.717, 1.165) is 22.3 Å². The lowest BCUT2D eigenvalue weighted by atomic mass is 10.2. The number of hydrogen-bond donors (Lipinski definition) is 1. The average molecular weight is 465 g/mol. The topological polar surface area (TPSA) is 58.6 Å². The van der Waals surface area contributed by atoms with Crippen molar-refractivity contribution < 1.29 is 18.7 Å². The molecular formula is C24H17FN2O3S2. The molecule has 0 aromatic heterocycles. The van der Waals surface area contributed by atoms with Crippen LogP contribution in [0.15, 0.2) is 83.8 Å². The summed E-state index contributed by atoms with van der Waals surface area (Å²) in [6, 6.07) is 22.1. The van der Waals surface area contributed by atoms with Crippen LogP contribution in [0.2, 0.25) is 0 Å². The maximum atomic E-state index is 13.1. The summed E-state index contributed by atoms with van der Waals surface area (Å²) in [5.41, 5.74) is 4.59. The molecule has 0 bridgehead atoms. The Morgan fingerprint density at radius 1 is 1.03 bits per heavy atom. The second kappa shape index (κ2) is 9.76. The van der Waals surface area contributed by atoms with Crippen molar-refractivity contribution in [2.75, 3.05) is 0 Å². The molecule has 4 rings (SSSR count). The molecule has 0 radical (unpaired) electrons. The van der Waals surface area contributed by atoms with Gasteiger partial charge in [-0.05, 0) is 65.8 Å². The molecule has 1 N–H and O–H groups in total. The zero-order chi connectivity index (χ0) is 22.5. The summed E-state index contributed by atoms with van der Waals surface area (Å²) in [5, 5.41) is 1.04. The number of ether oxygens (including phenoxy) is 1. The number of benzene rings is 3. The Morgan fingerprint density at radius 3 is 2.41 bits per heavy atom. The van der Waals surface area contributed by atoms with E-state index in [9.17, 15) is 14.0 Å². The standard InChI is InChI=1S/C24H17FN2O3S2/c25-19-10-6-16(7-11-19)14-21-23(29)27(24(31)32-21)26-22(28)18-8-12-20(13-9-18)30-15-17-4-2-1-3-5-17/h1-14H,15H2,(H,26,28). The fraction of sp³-hybridized carbons (Fsp3) is 0.0417. The van der Waals surface area contributed by atoms with Crippen molar-refractivity contribution in [1.29, 1.82) is 0 Å². The van der Waals surface area contributed by atoms with Gasteiger partial charge >= 0.3 is 0 Å². The number of thiocarbonyl (C=S) groups is 1. The number of hydrazine groups is 1. The van der Waals surface area contributed by atoms with Crippen molar-refractivity contribution in [3.8, 4) is 5.75 Å². The van der Waals surface area contributed by atoms with Gasteiger partial charge in [0.15, 0.2) is 4.32 Å². The van der Waals surface area contributed by atoms with E-state index in [1.807, 2.05) is 30.3 Å². The van der Waals surface area contributed by atoms with Gasteiger partial charge in [-0.3, -0.25) is 15.0 Å². The number of carbonyl (C=O) groups is 2. The highest BCUT2D eigenvalue weighted by Gasteiger charge is 2.33. The molecule has 0 saturated carbocycles. The van der Waals surface area contributed by atoms with Crippen LogP contribution in [-0.2, 0) is 11.4 Å². The summed E-state index contributed by atoms with van der Waals surface area (Å²) in [7, 11) is 0. The predicted octanol–water partition coefficient (Wildman–Crippen LogP) is 4.95. The lowest BCUT2D eigenvalue weighted by Crippen LogP contribution is -2.44. The van der Waals surface area contributed by atoms with Crippen molar-refractivity contribution in [3.05, 3.63) is 106 Å². The molecule has 1 fully saturated rings. The monoisotopic (exact) mass is 464 g/mol. The highest BCUT2D eigenvalue weighted by atomic mass is 32.2. The van der Waals surface area contributed by atoms with Gasteiger partial charge in [-0.25, -0.2) is 4.39 Å². The number of carbonyl (C=O) groups excluding carboxylic acids is 2. The van der Waals surface area contributed by atoms with Crippen molar-refractivity contribution in [2.45, 2.75) is 6.61 Å². The minimum Gasteiger partial charge on any atom is -0.489 e. The Bertz CT molecular complexity index is 1180. The third-order valence-corrected chi connectivity index (χ3v) is 5.84. The number of hydrogen-bond acceptors (Lipinski definition) is 5. The fourth-order valence-corrected chi connectivity index (χ4v) is 4.06. The Morgan fingerprint density at radius 2 is 1.72 bits per heavy atom. The first kappa shape index (κ1) is 21.7. The minimum absolute atomic E-state index is 0.208. The van der Waals surface area contributed by atoms with Crippen LogP contribution in [0.3, 0.4) is 0 Å². The summed E-state index contributed by atoms with van der Waals surface area (Å²) in [6.07, 6.45) is 1.60. The van der Waals surface area contributed by atoms with E-state index >= 15 is 0 Å². The van der Waals surface area contributed by atoms with E-state index in [1.54, 1.807) is 42.5 Å². The Labute approximate surface area is 193 Å². The molecule has 5 nitrogen and oxygen atoms in total. The number of halogens is 1. The van der Waals surface area contributed by atoms with E-state index in [1.165, 1.54) is 12.1 Å². The van der Waals surface area contributed by atoms with Crippen LogP contribution in [0.1, 0.15) is 21.5 Å². The maximum absolute atomic E-state index is 13.1. The smallest absolute Gasteiger partial charge is 0.285 e. The minimum atomic E-state index is -0.473. The van der Waals surface area contributed by atoms with Crippen molar-refractivity contribution in [2.24, 2.45) is 0 Å². The van der Waals surface area contributed by atoms with Crippen LogP contribution < -0.4 is 10.2 Å². The van der Waals surface area contributed by atoms with Gasteiger partial charge in [-0.15, -0.1) is 0 Å². The van der Waals surface area contributed by atoms with Crippen molar-refractivity contribution in [3.63, 3.8) is 0 Å². The largest absolute Gasteiger partial charge is 0.489 e. The Balaban J connectivity index is 1.38. The van der Waals surface area contributed by atoms with Crippen molar-refractivity contribution in [1.82, 2.24) is 10.4 Å². The second-order valence-electron chi connectivity index (χ2n) is 6.81. The summed E-state index contributed by atoms with van der Waals surface area (Å²) in [6.45, 7) is 0.420. The second-order valence-corrected chi connectivity index (χ2v) is 8.48. The molecule has 3 aromatic carbocycles. The molecule has 32 heavy (non-hydrogen) atoms. The summed E-state index contributed by atoms with van der Waals surface area (Å²) in [4.78, 5) is 25.6. The molecule has 0 unspecified atom stereocenters. The van der Waals surface area contributed by atoms with Gasteiger partial charge in [0.05, 0.1) is 4.91 Å². The molecule has 0 aliphatic carbocycles. The number of rotatable bonds is 6. The van der Waals surface area contributed by atoms with Gasteiger partial charge in [-0.1, -0.05) is 54.2 Å². The van der Waals surface area contributed by atoms with E-state index in [2.05, 4.69) is 5.43 Å². The van der Waals surface area contributed by atoms with Crippen LogP contribution in [0.4, 0.5) is 4.39 Å². The zero-order valence-corrected chi connectivity index (χ0v) is 18.3. The van der Waals surface area contributed by atoms with E-state index in [0.29, 0.717) is 28.4 Å². The molecule has 1 aliphatic rings. The summed E-state index contributed by atoms with van der Waals surface area (Å²) >= 11 is 6.30. The van der Waals surface area contributed by atoms with Gasteiger partial charge in [-0.2, -0.15) is 5.01 Å². The number of nitrogens with zero attached hydrogens (tertiary/aromatic N) is 1. The normalized spacial score (nSPS) is 14.7. The molecule has 160 valence electrons. The first-order valence-electron chi connectivity index (χ1n) is 9.61. The summed E-state index contributed by atoms with van der Waals surface area (Å²) in [5.74, 6) is -0.656. The van der Waals surface area contributed by atoms with Crippen LogP contribution >= 0.6 is 24.0 Å². The maximum Gasteiger partial charge on any atom is 0.285 e. The van der Waals surface area contributed by atoms with E-state index in [-0.39, 0.29) is 10.1 Å². The Kier molecular flexibility index (Phi) is 6.63. The lowest BCUT2D eigenvalue weighted by Gasteiger charge is -2.15. The molecule has 0 spiro atoms. The third kappa shape index (κ3) is 5.22. The predicted molar refractivity (Wildman–Crippen MR) is 126 cm³/mol. The highest BCUT2D eigenvalue weighted by molar-refractivity contribution is 8.26. The number of nitrogens with one attached hydrogen (secondary N) is 1. The molecule has 8 heteroatoms.